The van der Waals surface area contributed by atoms with Crippen LogP contribution in [0.4, 0.5) is 0 Å². The molecule has 6 heteroatoms. The number of hydrogen-bond donors (Lipinski definition) is 2. The van der Waals surface area contributed by atoms with Crippen molar-refractivity contribution in [2.45, 2.75) is 51.9 Å². The van der Waals surface area contributed by atoms with Crippen molar-refractivity contribution in [1.82, 2.24) is 20.7 Å². The van der Waals surface area contributed by atoms with Gasteiger partial charge in [0.05, 0.1) is 17.3 Å². The van der Waals surface area contributed by atoms with E-state index >= 15 is 0 Å². The monoisotopic (exact) mass is 306 g/mol. The highest BCUT2D eigenvalue weighted by atomic mass is 16.5. The average molecular weight is 306 g/mol. The number of aromatic amines is 1. The van der Waals surface area contributed by atoms with E-state index in [1.165, 1.54) is 19.3 Å². The van der Waals surface area contributed by atoms with Crippen molar-refractivity contribution in [3.8, 4) is 0 Å². The van der Waals surface area contributed by atoms with Crippen LogP contribution in [-0.2, 0) is 16.0 Å². The van der Waals surface area contributed by atoms with Crippen molar-refractivity contribution in [2.24, 2.45) is 10.8 Å². The number of rotatable bonds is 6. The van der Waals surface area contributed by atoms with Gasteiger partial charge in [0.25, 0.3) is 0 Å². The lowest BCUT2D eigenvalue weighted by molar-refractivity contribution is -0.137. The zero-order chi connectivity index (χ0) is 15.5. The Bertz CT molecular complexity index is 485. The molecule has 0 bridgehead atoms. The minimum Gasteiger partial charge on any atom is -0.381 e. The van der Waals surface area contributed by atoms with Crippen LogP contribution in [0.15, 0.2) is 6.20 Å². The van der Waals surface area contributed by atoms with Crippen molar-refractivity contribution in [3.05, 3.63) is 11.9 Å². The summed E-state index contributed by atoms with van der Waals surface area (Å²) in [5, 5.41) is 13.9. The third-order valence-corrected chi connectivity index (χ3v) is 5.70. The lowest BCUT2D eigenvalue weighted by Gasteiger charge is -2.43. The summed E-state index contributed by atoms with van der Waals surface area (Å²) in [6.45, 7) is 4.32. The molecule has 1 aromatic rings. The van der Waals surface area contributed by atoms with E-state index in [0.717, 1.165) is 31.5 Å². The summed E-state index contributed by atoms with van der Waals surface area (Å²) in [7, 11) is 0. The predicted octanol–water partition coefficient (Wildman–Crippen LogP) is 1.84. The van der Waals surface area contributed by atoms with Crippen LogP contribution in [0.2, 0.25) is 0 Å². The van der Waals surface area contributed by atoms with Crippen LogP contribution in [-0.4, -0.2) is 41.1 Å². The fourth-order valence-corrected chi connectivity index (χ4v) is 3.69. The number of nitrogens with one attached hydrogen (secondary N) is 2. The Balaban J connectivity index is 1.67. The molecule has 1 amide bonds. The van der Waals surface area contributed by atoms with Gasteiger partial charge in [0.2, 0.25) is 5.91 Å². The molecule has 1 aliphatic carbocycles. The average Bonchev–Trinajstić information content (AvgIpc) is 3.00. The van der Waals surface area contributed by atoms with E-state index in [2.05, 4.69) is 27.7 Å². The summed E-state index contributed by atoms with van der Waals surface area (Å²) in [4.78, 5) is 12.9. The van der Waals surface area contributed by atoms with Crippen LogP contribution in [0.3, 0.4) is 0 Å². The van der Waals surface area contributed by atoms with Crippen molar-refractivity contribution in [1.29, 1.82) is 0 Å². The topological polar surface area (TPSA) is 79.9 Å². The Morgan fingerprint density at radius 2 is 2.14 bits per heavy atom. The van der Waals surface area contributed by atoms with Gasteiger partial charge in [-0.2, -0.15) is 15.4 Å². The normalized spacial score (nSPS) is 22.8. The Morgan fingerprint density at radius 3 is 2.68 bits per heavy atom. The summed E-state index contributed by atoms with van der Waals surface area (Å²) >= 11 is 0. The molecule has 6 nitrogen and oxygen atoms in total. The fraction of sp³-hybridized carbons (Fsp3) is 0.812. The van der Waals surface area contributed by atoms with E-state index in [1.807, 2.05) is 0 Å². The first-order chi connectivity index (χ1) is 10.7. The molecule has 1 saturated heterocycles. The van der Waals surface area contributed by atoms with Crippen molar-refractivity contribution < 1.29 is 9.53 Å². The molecule has 1 aromatic heterocycles. The molecule has 22 heavy (non-hydrogen) atoms. The number of carbonyl (C=O) groups is 1. The van der Waals surface area contributed by atoms with Gasteiger partial charge in [-0.1, -0.05) is 13.3 Å². The number of ether oxygens (including phenoxy) is 1. The first kappa shape index (κ1) is 15.5. The zero-order valence-electron chi connectivity index (χ0n) is 13.4. The molecule has 0 spiro atoms. The molecule has 1 aliphatic heterocycles. The second-order valence-electron chi connectivity index (χ2n) is 6.92. The Labute approximate surface area is 131 Å². The molecule has 122 valence electrons. The van der Waals surface area contributed by atoms with E-state index in [-0.39, 0.29) is 5.91 Å². The largest absolute Gasteiger partial charge is 0.381 e. The fourth-order valence-electron chi connectivity index (χ4n) is 3.69. The molecule has 2 aliphatic rings. The van der Waals surface area contributed by atoms with Crippen LogP contribution in [0, 0.1) is 10.8 Å². The number of amides is 1. The van der Waals surface area contributed by atoms with E-state index in [9.17, 15) is 4.79 Å². The molecule has 1 saturated carbocycles. The first-order valence-electron chi connectivity index (χ1n) is 8.39. The van der Waals surface area contributed by atoms with Gasteiger partial charge in [0.15, 0.2) is 0 Å². The maximum absolute atomic E-state index is 12.9. The standard InChI is InChI=1S/C16H26N4O2/c1-2-15(4-3-5-15)12-17-14(21)16(6-8-22-9-7-16)10-13-11-18-20-19-13/h11H,2-10,12H2,1H3,(H,17,21)(H,18,19,20). The van der Waals surface area contributed by atoms with Gasteiger partial charge in [-0.05, 0) is 37.5 Å². The smallest absolute Gasteiger partial charge is 0.226 e. The molecular formula is C16H26N4O2. The third-order valence-electron chi connectivity index (χ3n) is 5.70. The molecule has 2 fully saturated rings. The van der Waals surface area contributed by atoms with Crippen LogP contribution >= 0.6 is 0 Å². The molecule has 2 N–H and O–H groups in total. The first-order valence-corrected chi connectivity index (χ1v) is 8.39. The Hall–Kier alpha value is -1.43. The third kappa shape index (κ3) is 3.02. The van der Waals surface area contributed by atoms with Gasteiger partial charge < -0.3 is 10.1 Å². The minimum atomic E-state index is -0.395. The zero-order valence-corrected chi connectivity index (χ0v) is 13.4. The van der Waals surface area contributed by atoms with Crippen molar-refractivity contribution in [2.75, 3.05) is 19.8 Å². The Kier molecular flexibility index (Phi) is 4.47. The molecule has 0 aromatic carbocycles. The molecule has 2 heterocycles. The number of aromatic nitrogens is 3. The summed E-state index contributed by atoms with van der Waals surface area (Å²) in [6.07, 6.45) is 8.78. The second-order valence-corrected chi connectivity index (χ2v) is 6.92. The van der Waals surface area contributed by atoms with Gasteiger partial charge in [-0.25, -0.2) is 0 Å². The Morgan fingerprint density at radius 1 is 1.36 bits per heavy atom. The van der Waals surface area contributed by atoms with Crippen molar-refractivity contribution >= 4 is 5.91 Å². The van der Waals surface area contributed by atoms with Gasteiger partial charge in [0, 0.05) is 26.2 Å². The lowest BCUT2D eigenvalue weighted by atomic mass is 9.66. The number of carbonyl (C=O) groups excluding carboxylic acids is 1. The molecule has 0 atom stereocenters. The van der Waals surface area contributed by atoms with Crippen molar-refractivity contribution in [3.63, 3.8) is 0 Å². The minimum absolute atomic E-state index is 0.165. The van der Waals surface area contributed by atoms with E-state index in [1.54, 1.807) is 6.20 Å². The molecule has 0 radical (unpaired) electrons. The van der Waals surface area contributed by atoms with Gasteiger partial charge in [-0.15, -0.1) is 0 Å². The second kappa shape index (κ2) is 6.36. The van der Waals surface area contributed by atoms with E-state index in [4.69, 9.17) is 4.74 Å². The SMILES string of the molecule is CCC1(CNC(=O)C2(Cc3cn[nH]n3)CCOCC2)CCC1. The summed E-state index contributed by atoms with van der Waals surface area (Å²) in [5.41, 5.74) is 0.801. The molecule has 0 unspecified atom stereocenters. The van der Waals surface area contributed by atoms with Gasteiger partial charge in [-0.3, -0.25) is 4.79 Å². The van der Waals surface area contributed by atoms with Gasteiger partial charge in [0.1, 0.15) is 0 Å². The van der Waals surface area contributed by atoms with Gasteiger partial charge >= 0.3 is 0 Å². The predicted molar refractivity (Wildman–Crippen MR) is 82.2 cm³/mol. The van der Waals surface area contributed by atoms with Crippen LogP contribution in [0.25, 0.3) is 0 Å². The summed E-state index contributed by atoms with van der Waals surface area (Å²) < 4.78 is 5.47. The van der Waals surface area contributed by atoms with Crippen LogP contribution < -0.4 is 5.32 Å². The highest BCUT2D eigenvalue weighted by Gasteiger charge is 2.42. The number of H-pyrrole nitrogens is 1. The molecule has 3 rings (SSSR count). The van der Waals surface area contributed by atoms with E-state index < -0.39 is 5.41 Å². The van der Waals surface area contributed by atoms with Crippen LogP contribution in [0.1, 0.15) is 51.1 Å². The quantitative estimate of drug-likeness (QED) is 0.840. The maximum atomic E-state index is 12.9. The lowest BCUT2D eigenvalue weighted by Crippen LogP contribution is -2.50. The summed E-state index contributed by atoms with van der Waals surface area (Å²) in [5.74, 6) is 0.165. The summed E-state index contributed by atoms with van der Waals surface area (Å²) in [6, 6.07) is 0. The molecular weight excluding hydrogens is 280 g/mol. The van der Waals surface area contributed by atoms with E-state index in [0.29, 0.717) is 25.0 Å². The highest BCUT2D eigenvalue weighted by molar-refractivity contribution is 5.83. The van der Waals surface area contributed by atoms with Crippen LogP contribution in [0.5, 0.6) is 0 Å². The number of nitrogens with zero attached hydrogens (tertiary/aromatic N) is 2. The number of hydrogen-bond acceptors (Lipinski definition) is 4. The highest BCUT2D eigenvalue weighted by Crippen LogP contribution is 2.43. The maximum Gasteiger partial charge on any atom is 0.226 e.